The summed E-state index contributed by atoms with van der Waals surface area (Å²) in [5.41, 5.74) is 3.54. The van der Waals surface area contributed by atoms with Gasteiger partial charge in [0.1, 0.15) is 0 Å². The summed E-state index contributed by atoms with van der Waals surface area (Å²) in [4.78, 5) is 27.2. The fraction of sp³-hybridized carbons (Fsp3) is 0.476. The number of nitrogens with zero attached hydrogens (tertiary/aromatic N) is 3. The van der Waals surface area contributed by atoms with Crippen LogP contribution in [0.2, 0.25) is 0 Å². The number of anilines is 1. The monoisotopic (exact) mass is 381 g/mol. The van der Waals surface area contributed by atoms with Gasteiger partial charge in [0.2, 0.25) is 5.91 Å². The third kappa shape index (κ3) is 3.15. The number of likely N-dealkylation sites (tertiary alicyclic amines) is 1. The molecule has 1 aromatic carbocycles. The largest absolute Gasteiger partial charge is 0.334 e. The summed E-state index contributed by atoms with van der Waals surface area (Å²) >= 11 is 0. The topological polar surface area (TPSA) is 79.3 Å². The molecule has 2 aliphatic heterocycles. The summed E-state index contributed by atoms with van der Waals surface area (Å²) in [6, 6.07) is 9.81. The zero-order chi connectivity index (χ0) is 19.9. The van der Waals surface area contributed by atoms with Gasteiger partial charge in [-0.05, 0) is 51.3 Å². The van der Waals surface area contributed by atoms with Gasteiger partial charge in [0.25, 0.3) is 0 Å². The Bertz CT molecular complexity index is 911. The Kier molecular flexibility index (Phi) is 4.61. The Morgan fingerprint density at radius 3 is 2.68 bits per heavy atom. The summed E-state index contributed by atoms with van der Waals surface area (Å²) in [6.07, 6.45) is 1.30. The first kappa shape index (κ1) is 18.5. The quantitative estimate of drug-likeness (QED) is 0.858. The minimum absolute atomic E-state index is 0.0307. The van der Waals surface area contributed by atoms with E-state index in [1.54, 1.807) is 0 Å². The van der Waals surface area contributed by atoms with Crippen LogP contribution in [0.15, 0.2) is 30.3 Å². The van der Waals surface area contributed by atoms with E-state index in [1.807, 2.05) is 60.7 Å². The molecule has 1 atom stereocenters. The lowest BCUT2D eigenvalue weighted by atomic mass is 9.74. The second kappa shape index (κ2) is 6.96. The van der Waals surface area contributed by atoms with E-state index < -0.39 is 5.41 Å². The Hall–Kier alpha value is -2.83. The van der Waals surface area contributed by atoms with Gasteiger partial charge in [0.15, 0.2) is 0 Å². The van der Waals surface area contributed by atoms with Gasteiger partial charge < -0.3 is 15.5 Å². The van der Waals surface area contributed by atoms with E-state index in [9.17, 15) is 9.59 Å². The molecule has 0 saturated carbocycles. The number of amides is 3. The van der Waals surface area contributed by atoms with Crippen molar-refractivity contribution in [3.63, 3.8) is 0 Å². The van der Waals surface area contributed by atoms with Crippen LogP contribution in [0.3, 0.4) is 0 Å². The molecule has 7 nitrogen and oxygen atoms in total. The first-order valence-electron chi connectivity index (χ1n) is 9.86. The minimum atomic E-state index is -0.497. The first-order chi connectivity index (χ1) is 13.4. The van der Waals surface area contributed by atoms with E-state index in [-0.39, 0.29) is 18.0 Å². The van der Waals surface area contributed by atoms with Crippen LogP contribution >= 0.6 is 0 Å². The molecule has 1 spiro atoms. The molecule has 2 aliphatic rings. The Morgan fingerprint density at radius 2 is 2.00 bits per heavy atom. The Labute approximate surface area is 165 Å². The van der Waals surface area contributed by atoms with E-state index in [1.165, 1.54) is 0 Å². The van der Waals surface area contributed by atoms with Gasteiger partial charge in [-0.15, -0.1) is 0 Å². The van der Waals surface area contributed by atoms with Crippen molar-refractivity contribution in [1.82, 2.24) is 20.0 Å². The van der Waals surface area contributed by atoms with Crippen LogP contribution in [0.5, 0.6) is 0 Å². The lowest BCUT2D eigenvalue weighted by Gasteiger charge is -2.38. The normalized spacial score (nSPS) is 18.7. The third-order valence-electron chi connectivity index (χ3n) is 5.95. The SMILES string of the molecule is Cc1cc(C)n(C[C@@H](C)NC(=O)N2CCC3(CC2)C(=O)Nc2ccccc23)n1. The number of rotatable bonds is 3. The molecule has 4 rings (SSSR count). The maximum absolute atomic E-state index is 12.7. The van der Waals surface area contributed by atoms with Gasteiger partial charge >= 0.3 is 6.03 Å². The fourth-order valence-electron chi connectivity index (χ4n) is 4.43. The highest BCUT2D eigenvalue weighted by atomic mass is 16.2. The molecule has 0 aliphatic carbocycles. The van der Waals surface area contributed by atoms with Crippen LogP contribution < -0.4 is 10.6 Å². The highest BCUT2D eigenvalue weighted by molar-refractivity contribution is 6.06. The minimum Gasteiger partial charge on any atom is -0.334 e. The number of carbonyl (C=O) groups is 2. The second-order valence-electron chi connectivity index (χ2n) is 8.03. The summed E-state index contributed by atoms with van der Waals surface area (Å²) in [5, 5.41) is 10.5. The van der Waals surface area contributed by atoms with Crippen molar-refractivity contribution < 1.29 is 9.59 Å². The summed E-state index contributed by atoms with van der Waals surface area (Å²) in [5.74, 6) is 0.0617. The smallest absolute Gasteiger partial charge is 0.317 e. The van der Waals surface area contributed by atoms with Crippen molar-refractivity contribution in [2.24, 2.45) is 0 Å². The van der Waals surface area contributed by atoms with Crippen molar-refractivity contribution >= 4 is 17.6 Å². The number of aryl methyl sites for hydroxylation is 2. The molecule has 2 N–H and O–H groups in total. The van der Waals surface area contributed by atoms with Crippen molar-refractivity contribution in [3.8, 4) is 0 Å². The predicted molar refractivity (Wildman–Crippen MR) is 107 cm³/mol. The number of hydrogen-bond donors (Lipinski definition) is 2. The molecule has 3 amide bonds. The van der Waals surface area contributed by atoms with Crippen molar-refractivity contribution in [2.45, 2.75) is 51.6 Å². The lowest BCUT2D eigenvalue weighted by molar-refractivity contribution is -0.122. The molecule has 2 aromatic rings. The van der Waals surface area contributed by atoms with Gasteiger partial charge in [0, 0.05) is 30.5 Å². The van der Waals surface area contributed by atoms with Gasteiger partial charge in [-0.1, -0.05) is 18.2 Å². The van der Waals surface area contributed by atoms with E-state index in [2.05, 4.69) is 15.7 Å². The lowest BCUT2D eigenvalue weighted by Crippen LogP contribution is -2.52. The van der Waals surface area contributed by atoms with E-state index in [0.717, 1.165) is 22.6 Å². The molecular weight excluding hydrogens is 354 g/mol. The van der Waals surface area contributed by atoms with Crippen LogP contribution in [0.25, 0.3) is 0 Å². The maximum Gasteiger partial charge on any atom is 0.317 e. The standard InChI is InChI=1S/C21H27N5O2/c1-14-12-16(3)26(24-14)13-15(2)22-20(28)25-10-8-21(9-11-25)17-6-4-5-7-18(17)23-19(21)27/h4-7,12,15H,8-11,13H2,1-3H3,(H,22,28)(H,23,27)/t15-/m1/s1. The summed E-state index contributed by atoms with van der Waals surface area (Å²) < 4.78 is 1.92. The van der Waals surface area contributed by atoms with Gasteiger partial charge in [-0.2, -0.15) is 5.10 Å². The van der Waals surface area contributed by atoms with Crippen LogP contribution in [0.1, 0.15) is 36.7 Å². The molecule has 1 aromatic heterocycles. The molecule has 0 radical (unpaired) electrons. The van der Waals surface area contributed by atoms with Crippen molar-refractivity contribution in [1.29, 1.82) is 0 Å². The number of carbonyl (C=O) groups excluding carboxylic acids is 2. The number of aromatic nitrogens is 2. The number of piperidine rings is 1. The highest BCUT2D eigenvalue weighted by Gasteiger charge is 2.48. The Morgan fingerprint density at radius 1 is 1.29 bits per heavy atom. The fourth-order valence-corrected chi connectivity index (χ4v) is 4.43. The number of fused-ring (bicyclic) bond motifs is 2. The van der Waals surface area contributed by atoms with Gasteiger partial charge in [-0.25, -0.2) is 4.79 Å². The van der Waals surface area contributed by atoms with E-state index in [4.69, 9.17) is 0 Å². The van der Waals surface area contributed by atoms with E-state index >= 15 is 0 Å². The summed E-state index contributed by atoms with van der Waals surface area (Å²) in [6.45, 7) is 7.75. The summed E-state index contributed by atoms with van der Waals surface area (Å²) in [7, 11) is 0. The highest BCUT2D eigenvalue weighted by Crippen LogP contribution is 2.44. The molecule has 3 heterocycles. The molecule has 1 saturated heterocycles. The molecule has 148 valence electrons. The van der Waals surface area contributed by atoms with Crippen molar-refractivity contribution in [2.75, 3.05) is 18.4 Å². The average Bonchev–Trinajstić information content (AvgIpc) is 3.12. The molecule has 1 fully saturated rings. The molecule has 0 unspecified atom stereocenters. The van der Waals surface area contributed by atoms with Gasteiger partial charge in [0.05, 0.1) is 17.7 Å². The van der Waals surface area contributed by atoms with Crippen LogP contribution in [-0.2, 0) is 16.8 Å². The predicted octanol–water partition coefficient (Wildman–Crippen LogP) is 2.58. The Balaban J connectivity index is 1.37. The van der Waals surface area contributed by atoms with Crippen LogP contribution in [0, 0.1) is 13.8 Å². The number of nitrogens with one attached hydrogen (secondary N) is 2. The van der Waals surface area contributed by atoms with Crippen LogP contribution in [-0.4, -0.2) is 45.8 Å². The number of benzene rings is 1. The molecule has 0 bridgehead atoms. The maximum atomic E-state index is 12.7. The number of hydrogen-bond acceptors (Lipinski definition) is 3. The molecular formula is C21H27N5O2. The van der Waals surface area contributed by atoms with Crippen molar-refractivity contribution in [3.05, 3.63) is 47.3 Å². The second-order valence-corrected chi connectivity index (χ2v) is 8.03. The zero-order valence-electron chi connectivity index (χ0n) is 16.7. The number of urea groups is 1. The van der Waals surface area contributed by atoms with Crippen LogP contribution in [0.4, 0.5) is 10.5 Å². The molecule has 28 heavy (non-hydrogen) atoms. The third-order valence-corrected chi connectivity index (χ3v) is 5.95. The zero-order valence-corrected chi connectivity index (χ0v) is 16.7. The first-order valence-corrected chi connectivity index (χ1v) is 9.86. The van der Waals surface area contributed by atoms with Gasteiger partial charge in [-0.3, -0.25) is 9.48 Å². The number of para-hydroxylation sites is 1. The molecule has 7 heteroatoms. The van der Waals surface area contributed by atoms with E-state index in [0.29, 0.717) is 32.5 Å². The average molecular weight is 381 g/mol.